The van der Waals surface area contributed by atoms with E-state index in [-0.39, 0.29) is 5.56 Å². The molecule has 0 aromatic heterocycles. The van der Waals surface area contributed by atoms with Gasteiger partial charge in [-0.25, -0.2) is 4.79 Å². The lowest BCUT2D eigenvalue weighted by atomic mass is 10.1. The van der Waals surface area contributed by atoms with Crippen LogP contribution in [0.5, 0.6) is 0 Å². The molecule has 0 aliphatic rings. The van der Waals surface area contributed by atoms with Crippen LogP contribution in [0, 0.1) is 0 Å². The van der Waals surface area contributed by atoms with Gasteiger partial charge in [0.15, 0.2) is 0 Å². The van der Waals surface area contributed by atoms with E-state index in [2.05, 4.69) is 10.6 Å². The molecular weight excluding hydrogens is 364 g/mol. The number of amides is 3. The highest BCUT2D eigenvalue weighted by Crippen LogP contribution is 2.15. The van der Waals surface area contributed by atoms with Crippen molar-refractivity contribution in [3.63, 3.8) is 0 Å². The first kappa shape index (κ1) is 20.9. The van der Waals surface area contributed by atoms with Gasteiger partial charge in [0.05, 0.1) is 6.42 Å². The van der Waals surface area contributed by atoms with Crippen molar-refractivity contribution in [1.82, 2.24) is 10.6 Å². The van der Waals surface area contributed by atoms with Crippen molar-refractivity contribution < 1.29 is 29.0 Å². The van der Waals surface area contributed by atoms with Gasteiger partial charge in [-0.3, -0.25) is 19.7 Å². The summed E-state index contributed by atoms with van der Waals surface area (Å²) in [6.07, 6.45) is -1.65. The van der Waals surface area contributed by atoms with Crippen LogP contribution in [-0.4, -0.2) is 40.6 Å². The summed E-state index contributed by atoms with van der Waals surface area (Å²) in [5.74, 6) is -2.95. The number of carboxylic acid groups (broad SMARTS) is 1. The molecule has 8 nitrogen and oxygen atoms in total. The van der Waals surface area contributed by atoms with Crippen LogP contribution in [0.2, 0.25) is 0 Å². The highest BCUT2D eigenvalue weighted by atomic mass is 16.6. The Kier molecular flexibility index (Phi) is 6.35. The van der Waals surface area contributed by atoms with E-state index in [0.717, 1.165) is 10.8 Å². The van der Waals surface area contributed by atoms with Gasteiger partial charge in [-0.2, -0.15) is 0 Å². The van der Waals surface area contributed by atoms with Crippen LogP contribution in [0.15, 0.2) is 42.5 Å². The van der Waals surface area contributed by atoms with Crippen LogP contribution in [0.1, 0.15) is 37.6 Å². The maximum atomic E-state index is 12.4. The highest BCUT2D eigenvalue weighted by Gasteiger charge is 2.28. The molecule has 0 unspecified atom stereocenters. The first-order chi connectivity index (χ1) is 13.0. The predicted molar refractivity (Wildman–Crippen MR) is 102 cm³/mol. The second-order valence-corrected chi connectivity index (χ2v) is 7.18. The summed E-state index contributed by atoms with van der Waals surface area (Å²) in [7, 11) is 0. The first-order valence-corrected chi connectivity index (χ1v) is 8.60. The minimum atomic E-state index is -1.46. The Morgan fingerprint density at radius 3 is 2.29 bits per heavy atom. The largest absolute Gasteiger partial charge is 0.481 e. The number of hydrogen-bond acceptors (Lipinski definition) is 5. The van der Waals surface area contributed by atoms with Gasteiger partial charge < -0.3 is 15.2 Å². The van der Waals surface area contributed by atoms with Gasteiger partial charge in [0.1, 0.15) is 11.6 Å². The minimum Gasteiger partial charge on any atom is -0.481 e. The number of carbonyl (C=O) groups excluding carboxylic acids is 3. The second kappa shape index (κ2) is 8.51. The van der Waals surface area contributed by atoms with Crippen LogP contribution in [0.4, 0.5) is 4.79 Å². The molecule has 2 rings (SSSR count). The molecule has 148 valence electrons. The Bertz CT molecular complexity index is 916. The molecule has 0 saturated carbocycles. The number of rotatable bonds is 5. The lowest BCUT2D eigenvalue weighted by Gasteiger charge is -2.22. The van der Waals surface area contributed by atoms with Crippen molar-refractivity contribution in [2.75, 3.05) is 0 Å². The zero-order valence-corrected chi connectivity index (χ0v) is 15.8. The van der Waals surface area contributed by atoms with Gasteiger partial charge in [0.2, 0.25) is 5.91 Å². The number of alkyl carbamates (subject to hydrolysis) is 1. The molecule has 0 saturated heterocycles. The molecule has 2 aromatic carbocycles. The van der Waals surface area contributed by atoms with Crippen molar-refractivity contribution in [3.05, 3.63) is 48.0 Å². The summed E-state index contributed by atoms with van der Waals surface area (Å²) in [4.78, 5) is 47.6. The Balaban J connectivity index is 2.11. The molecule has 0 bridgehead atoms. The quantitative estimate of drug-likeness (QED) is 0.726. The standard InChI is InChI=1S/C20H22N2O6/c1-20(2,3)28-19(27)21-15(11-16(23)24)18(26)22-17(25)14-9-8-12-6-4-5-7-13(12)10-14/h4-10,15H,11H2,1-3H3,(H,21,27)(H,23,24)(H,22,25,26)/t15-/m0/s1. The van der Waals surface area contributed by atoms with E-state index in [0.29, 0.717) is 0 Å². The molecule has 0 fully saturated rings. The SMILES string of the molecule is CC(C)(C)OC(=O)N[C@@H](CC(=O)O)C(=O)NC(=O)c1ccc2ccccc2c1. The van der Waals surface area contributed by atoms with Crippen LogP contribution in [0.25, 0.3) is 10.8 Å². The van der Waals surface area contributed by atoms with Crippen molar-refractivity contribution in [2.45, 2.75) is 38.8 Å². The molecule has 0 heterocycles. The van der Waals surface area contributed by atoms with Crippen molar-refractivity contribution in [2.24, 2.45) is 0 Å². The maximum Gasteiger partial charge on any atom is 0.408 e. The third-order valence-corrected chi connectivity index (χ3v) is 3.63. The number of fused-ring (bicyclic) bond motifs is 1. The topological polar surface area (TPSA) is 122 Å². The molecule has 3 amide bonds. The molecular formula is C20H22N2O6. The van der Waals surface area contributed by atoms with Gasteiger partial charge in [0, 0.05) is 5.56 Å². The number of aliphatic carboxylic acids is 1. The van der Waals surface area contributed by atoms with Crippen molar-refractivity contribution >= 4 is 34.6 Å². The molecule has 0 radical (unpaired) electrons. The third-order valence-electron chi connectivity index (χ3n) is 3.63. The van der Waals surface area contributed by atoms with Gasteiger partial charge in [-0.15, -0.1) is 0 Å². The summed E-state index contributed by atoms with van der Waals surface area (Å²) in [5, 5.41) is 15.0. The van der Waals surface area contributed by atoms with E-state index in [9.17, 15) is 19.2 Å². The summed E-state index contributed by atoms with van der Waals surface area (Å²) < 4.78 is 5.03. The number of carboxylic acids is 1. The normalized spacial score (nSPS) is 12.1. The maximum absolute atomic E-state index is 12.4. The van der Waals surface area contributed by atoms with E-state index in [1.807, 2.05) is 24.3 Å². The number of hydrogen-bond donors (Lipinski definition) is 3. The van der Waals surface area contributed by atoms with Crippen LogP contribution in [0.3, 0.4) is 0 Å². The fourth-order valence-corrected chi connectivity index (χ4v) is 2.44. The zero-order valence-electron chi connectivity index (χ0n) is 15.8. The van der Waals surface area contributed by atoms with Gasteiger partial charge in [0.25, 0.3) is 5.91 Å². The minimum absolute atomic E-state index is 0.235. The predicted octanol–water partition coefficient (Wildman–Crippen LogP) is 2.46. The number of benzene rings is 2. The van der Waals surface area contributed by atoms with E-state index in [1.54, 1.807) is 39.0 Å². The fraction of sp³-hybridized carbons (Fsp3) is 0.300. The molecule has 8 heteroatoms. The van der Waals surface area contributed by atoms with Crippen LogP contribution < -0.4 is 10.6 Å². The number of nitrogens with one attached hydrogen (secondary N) is 2. The third kappa shape index (κ3) is 6.08. The van der Waals surface area contributed by atoms with E-state index < -0.39 is 41.9 Å². The molecule has 0 aliphatic carbocycles. The van der Waals surface area contributed by atoms with Crippen LogP contribution in [-0.2, 0) is 14.3 Å². The lowest BCUT2D eigenvalue weighted by Crippen LogP contribution is -2.50. The first-order valence-electron chi connectivity index (χ1n) is 8.60. The van der Waals surface area contributed by atoms with Crippen molar-refractivity contribution in [1.29, 1.82) is 0 Å². The fourth-order valence-electron chi connectivity index (χ4n) is 2.44. The zero-order chi connectivity index (χ0) is 20.9. The Morgan fingerprint density at radius 1 is 1.04 bits per heavy atom. The molecule has 2 aromatic rings. The van der Waals surface area contributed by atoms with Crippen LogP contribution >= 0.6 is 0 Å². The van der Waals surface area contributed by atoms with Gasteiger partial charge >= 0.3 is 12.1 Å². The molecule has 0 aliphatic heterocycles. The number of ether oxygens (including phenoxy) is 1. The summed E-state index contributed by atoms with van der Waals surface area (Å²) in [6, 6.07) is 10.8. The van der Waals surface area contributed by atoms with Crippen molar-refractivity contribution in [3.8, 4) is 0 Å². The Labute approximate surface area is 161 Å². The average molecular weight is 386 g/mol. The number of carbonyl (C=O) groups is 4. The summed E-state index contributed by atoms with van der Waals surface area (Å²) >= 11 is 0. The van der Waals surface area contributed by atoms with Gasteiger partial charge in [-0.05, 0) is 43.7 Å². The van der Waals surface area contributed by atoms with E-state index >= 15 is 0 Å². The summed E-state index contributed by atoms with van der Waals surface area (Å²) in [6.45, 7) is 4.88. The van der Waals surface area contributed by atoms with Gasteiger partial charge in [-0.1, -0.05) is 30.3 Å². The Morgan fingerprint density at radius 2 is 1.68 bits per heavy atom. The molecule has 28 heavy (non-hydrogen) atoms. The lowest BCUT2D eigenvalue weighted by molar-refractivity contribution is -0.139. The number of imide groups is 1. The second-order valence-electron chi connectivity index (χ2n) is 7.18. The summed E-state index contributed by atoms with van der Waals surface area (Å²) in [5.41, 5.74) is -0.590. The molecule has 0 spiro atoms. The smallest absolute Gasteiger partial charge is 0.408 e. The van der Waals surface area contributed by atoms with E-state index in [4.69, 9.17) is 9.84 Å². The molecule has 1 atom stereocenters. The monoisotopic (exact) mass is 386 g/mol. The Hall–Kier alpha value is -3.42. The highest BCUT2D eigenvalue weighted by molar-refractivity contribution is 6.08. The average Bonchev–Trinajstić information content (AvgIpc) is 2.58. The van der Waals surface area contributed by atoms with E-state index in [1.165, 1.54) is 0 Å². The molecule has 3 N–H and O–H groups in total.